The van der Waals surface area contributed by atoms with Crippen LogP contribution in [0, 0.1) is 5.92 Å². The van der Waals surface area contributed by atoms with E-state index in [0.717, 1.165) is 38.5 Å². The largest absolute Gasteiger partial charge is 0.463 e. The van der Waals surface area contributed by atoms with Crippen LogP contribution in [-0.4, -0.2) is 25.2 Å². The number of carbonyl (C=O) groups excluding carboxylic acids is 2. The number of ether oxygens (including phenoxy) is 2. The van der Waals surface area contributed by atoms with Crippen LogP contribution in [0.15, 0.2) is 0 Å². The van der Waals surface area contributed by atoms with Crippen molar-refractivity contribution >= 4 is 12.4 Å². The third-order valence-electron chi connectivity index (χ3n) is 5.06. The number of hydrogen-bond acceptors (Lipinski definition) is 4. The highest BCUT2D eigenvalue weighted by molar-refractivity contribution is 5.75. The van der Waals surface area contributed by atoms with Crippen LogP contribution >= 0.6 is 0 Å². The first-order chi connectivity index (χ1) is 12.7. The van der Waals surface area contributed by atoms with Gasteiger partial charge in [-0.1, -0.05) is 91.4 Å². The SMILES string of the molecule is CCCCCCCCCCCC(OC=O)C(=O)OCC(CC)CCCC. The summed E-state index contributed by atoms with van der Waals surface area (Å²) in [6.45, 7) is 7.32. The molecule has 0 fully saturated rings. The maximum Gasteiger partial charge on any atom is 0.347 e. The topological polar surface area (TPSA) is 52.6 Å². The quantitative estimate of drug-likeness (QED) is 0.154. The summed E-state index contributed by atoms with van der Waals surface area (Å²) in [5, 5.41) is 0. The maximum absolute atomic E-state index is 12.2. The van der Waals surface area contributed by atoms with Gasteiger partial charge in [0.2, 0.25) is 0 Å². The average Bonchev–Trinajstić information content (AvgIpc) is 2.65. The first kappa shape index (κ1) is 24.9. The molecule has 2 unspecified atom stereocenters. The van der Waals surface area contributed by atoms with Crippen molar-refractivity contribution in [2.24, 2.45) is 5.92 Å². The summed E-state index contributed by atoms with van der Waals surface area (Å²) >= 11 is 0. The van der Waals surface area contributed by atoms with E-state index < -0.39 is 6.10 Å². The Morgan fingerprint density at radius 2 is 1.38 bits per heavy atom. The third-order valence-corrected chi connectivity index (χ3v) is 5.06. The molecule has 0 heterocycles. The van der Waals surface area contributed by atoms with Crippen LogP contribution in [0.4, 0.5) is 0 Å². The standard InChI is InChI=1S/C22H42O4/c1-4-7-9-10-11-12-13-14-15-17-21(26-19-23)22(24)25-18-20(6-3)16-8-5-2/h19-21H,4-18H2,1-3H3. The molecular weight excluding hydrogens is 328 g/mol. The molecule has 0 bridgehead atoms. The molecule has 0 rings (SSSR count). The van der Waals surface area contributed by atoms with Crippen LogP contribution < -0.4 is 0 Å². The van der Waals surface area contributed by atoms with Crippen molar-refractivity contribution in [2.45, 2.75) is 117 Å². The van der Waals surface area contributed by atoms with Gasteiger partial charge < -0.3 is 9.47 Å². The molecule has 0 amide bonds. The summed E-state index contributed by atoms with van der Waals surface area (Å²) in [6.07, 6.45) is 15.2. The first-order valence-electron chi connectivity index (χ1n) is 10.9. The number of carbonyl (C=O) groups is 2. The second-order valence-electron chi connectivity index (χ2n) is 7.38. The summed E-state index contributed by atoms with van der Waals surface area (Å²) in [5.41, 5.74) is 0. The van der Waals surface area contributed by atoms with E-state index in [0.29, 0.717) is 25.4 Å². The highest BCUT2D eigenvalue weighted by Crippen LogP contribution is 2.16. The lowest BCUT2D eigenvalue weighted by atomic mass is 10.0. The number of rotatable bonds is 19. The maximum atomic E-state index is 12.2. The Morgan fingerprint density at radius 1 is 0.808 bits per heavy atom. The molecular formula is C22H42O4. The Bertz CT molecular complexity index is 330. The van der Waals surface area contributed by atoms with E-state index in [1.54, 1.807) is 0 Å². The molecule has 2 atom stereocenters. The fourth-order valence-corrected chi connectivity index (χ4v) is 3.14. The zero-order valence-corrected chi connectivity index (χ0v) is 17.5. The fraction of sp³-hybridized carbons (Fsp3) is 0.909. The summed E-state index contributed by atoms with van der Waals surface area (Å²) in [6, 6.07) is 0. The molecule has 0 aromatic heterocycles. The molecule has 154 valence electrons. The predicted molar refractivity (Wildman–Crippen MR) is 107 cm³/mol. The van der Waals surface area contributed by atoms with Crippen LogP contribution in [0.25, 0.3) is 0 Å². The van der Waals surface area contributed by atoms with Gasteiger partial charge in [0.05, 0.1) is 6.61 Å². The van der Waals surface area contributed by atoms with Crippen LogP contribution in [-0.2, 0) is 19.1 Å². The summed E-state index contributed by atoms with van der Waals surface area (Å²) in [4.78, 5) is 22.9. The van der Waals surface area contributed by atoms with Crippen LogP contribution in [0.5, 0.6) is 0 Å². The van der Waals surface area contributed by atoms with Crippen molar-refractivity contribution in [3.05, 3.63) is 0 Å². The second kappa shape index (κ2) is 18.7. The zero-order chi connectivity index (χ0) is 19.5. The molecule has 4 nitrogen and oxygen atoms in total. The molecule has 0 N–H and O–H groups in total. The van der Waals surface area contributed by atoms with E-state index in [1.807, 2.05) is 0 Å². The Kier molecular flexibility index (Phi) is 18.0. The van der Waals surface area contributed by atoms with Crippen molar-refractivity contribution in [3.8, 4) is 0 Å². The highest BCUT2D eigenvalue weighted by atomic mass is 16.6. The molecule has 0 saturated carbocycles. The van der Waals surface area contributed by atoms with Gasteiger partial charge in [0.1, 0.15) is 0 Å². The summed E-state index contributed by atoms with van der Waals surface area (Å²) in [5.74, 6) is 0.0232. The van der Waals surface area contributed by atoms with E-state index in [2.05, 4.69) is 20.8 Å². The van der Waals surface area contributed by atoms with Crippen molar-refractivity contribution in [1.29, 1.82) is 0 Å². The minimum Gasteiger partial charge on any atom is -0.463 e. The van der Waals surface area contributed by atoms with Crippen LogP contribution in [0.2, 0.25) is 0 Å². The lowest BCUT2D eigenvalue weighted by Gasteiger charge is -2.18. The molecule has 4 heteroatoms. The van der Waals surface area contributed by atoms with Gasteiger partial charge in [0.25, 0.3) is 6.47 Å². The van der Waals surface area contributed by atoms with Gasteiger partial charge in [-0.05, 0) is 25.2 Å². The summed E-state index contributed by atoms with van der Waals surface area (Å²) in [7, 11) is 0. The van der Waals surface area contributed by atoms with Gasteiger partial charge >= 0.3 is 5.97 Å². The number of esters is 1. The van der Waals surface area contributed by atoms with E-state index >= 15 is 0 Å². The monoisotopic (exact) mass is 370 g/mol. The van der Waals surface area contributed by atoms with E-state index in [-0.39, 0.29) is 5.97 Å². The minimum atomic E-state index is -0.735. The van der Waals surface area contributed by atoms with Gasteiger partial charge in [-0.2, -0.15) is 0 Å². The first-order valence-corrected chi connectivity index (χ1v) is 10.9. The van der Waals surface area contributed by atoms with Crippen LogP contribution in [0.1, 0.15) is 111 Å². The molecule has 0 aromatic rings. The second-order valence-corrected chi connectivity index (χ2v) is 7.38. The Balaban J connectivity index is 3.92. The van der Waals surface area contributed by atoms with Gasteiger partial charge in [0.15, 0.2) is 6.10 Å². The third kappa shape index (κ3) is 14.1. The fourth-order valence-electron chi connectivity index (χ4n) is 3.14. The van der Waals surface area contributed by atoms with Gasteiger partial charge in [0, 0.05) is 0 Å². The lowest BCUT2D eigenvalue weighted by Crippen LogP contribution is -2.28. The normalized spacial score (nSPS) is 13.2. The molecule has 0 aliphatic rings. The Labute approximate surface area is 161 Å². The molecule has 26 heavy (non-hydrogen) atoms. The minimum absolute atomic E-state index is 0.369. The molecule has 0 aliphatic heterocycles. The van der Waals surface area contributed by atoms with Crippen molar-refractivity contribution in [3.63, 3.8) is 0 Å². The highest BCUT2D eigenvalue weighted by Gasteiger charge is 2.22. The smallest absolute Gasteiger partial charge is 0.347 e. The molecule has 0 aliphatic carbocycles. The predicted octanol–water partition coefficient (Wildman–Crippen LogP) is 6.21. The van der Waals surface area contributed by atoms with Crippen molar-refractivity contribution in [1.82, 2.24) is 0 Å². The van der Waals surface area contributed by atoms with Crippen molar-refractivity contribution in [2.75, 3.05) is 6.61 Å². The van der Waals surface area contributed by atoms with E-state index in [9.17, 15) is 9.59 Å². The summed E-state index contributed by atoms with van der Waals surface area (Å²) < 4.78 is 10.4. The van der Waals surface area contributed by atoms with Crippen molar-refractivity contribution < 1.29 is 19.1 Å². The average molecular weight is 371 g/mol. The zero-order valence-electron chi connectivity index (χ0n) is 17.5. The molecule has 0 saturated heterocycles. The Hall–Kier alpha value is -1.06. The van der Waals surface area contributed by atoms with Gasteiger partial charge in [-0.25, -0.2) is 4.79 Å². The van der Waals surface area contributed by atoms with Gasteiger partial charge in [-0.15, -0.1) is 0 Å². The molecule has 0 radical (unpaired) electrons. The van der Waals surface area contributed by atoms with E-state index in [4.69, 9.17) is 9.47 Å². The Morgan fingerprint density at radius 3 is 1.92 bits per heavy atom. The van der Waals surface area contributed by atoms with Gasteiger partial charge in [-0.3, -0.25) is 4.79 Å². The number of hydrogen-bond donors (Lipinski definition) is 0. The van der Waals surface area contributed by atoms with E-state index in [1.165, 1.54) is 44.9 Å². The molecule has 0 spiro atoms. The number of unbranched alkanes of at least 4 members (excludes halogenated alkanes) is 9. The molecule has 0 aromatic carbocycles. The van der Waals surface area contributed by atoms with Crippen LogP contribution in [0.3, 0.4) is 0 Å². The lowest BCUT2D eigenvalue weighted by molar-refractivity contribution is -0.163.